The normalized spacial score (nSPS) is 36.7. The highest BCUT2D eigenvalue weighted by molar-refractivity contribution is 5.45. The van der Waals surface area contributed by atoms with Crippen molar-refractivity contribution in [1.82, 2.24) is 0 Å². The summed E-state index contributed by atoms with van der Waals surface area (Å²) >= 11 is 0. The predicted molar refractivity (Wildman–Crippen MR) is 99.1 cm³/mol. The van der Waals surface area contributed by atoms with E-state index in [1.54, 1.807) is 22.3 Å². The summed E-state index contributed by atoms with van der Waals surface area (Å²) < 4.78 is 0. The van der Waals surface area contributed by atoms with Gasteiger partial charge in [-0.3, -0.25) is 0 Å². The number of hydrogen-bond donors (Lipinski definition) is 0. The van der Waals surface area contributed by atoms with Crippen molar-refractivity contribution in [3.05, 3.63) is 46.6 Å². The van der Waals surface area contributed by atoms with Crippen molar-refractivity contribution < 1.29 is 0 Å². The lowest BCUT2D eigenvalue weighted by atomic mass is 9.63. The molecule has 23 heavy (non-hydrogen) atoms. The van der Waals surface area contributed by atoms with Crippen molar-refractivity contribution in [3.8, 4) is 0 Å². The zero-order valence-electron chi connectivity index (χ0n) is 15.4. The van der Waals surface area contributed by atoms with Crippen LogP contribution in [-0.2, 0) is 0 Å². The van der Waals surface area contributed by atoms with E-state index >= 15 is 0 Å². The first kappa shape index (κ1) is 15.5. The summed E-state index contributed by atoms with van der Waals surface area (Å²) in [7, 11) is 0. The van der Waals surface area contributed by atoms with Gasteiger partial charge in [-0.05, 0) is 66.9 Å². The molecule has 0 spiro atoms. The molecular weight excluding hydrogens is 276 g/mol. The maximum Gasteiger partial charge on any atom is 0.00458 e. The molecule has 0 heteroatoms. The van der Waals surface area contributed by atoms with Crippen molar-refractivity contribution >= 4 is 0 Å². The van der Waals surface area contributed by atoms with Gasteiger partial charge >= 0.3 is 0 Å². The van der Waals surface area contributed by atoms with Gasteiger partial charge in [0.2, 0.25) is 0 Å². The summed E-state index contributed by atoms with van der Waals surface area (Å²) in [6, 6.07) is 0. The van der Waals surface area contributed by atoms with Crippen LogP contribution in [0.4, 0.5) is 0 Å². The van der Waals surface area contributed by atoms with Crippen LogP contribution in [0, 0.1) is 29.1 Å². The highest BCUT2D eigenvalue weighted by Crippen LogP contribution is 2.54. The van der Waals surface area contributed by atoms with Gasteiger partial charge in [0.15, 0.2) is 0 Å². The Morgan fingerprint density at radius 3 is 1.65 bits per heavy atom. The van der Waals surface area contributed by atoms with E-state index in [0.29, 0.717) is 17.3 Å². The van der Waals surface area contributed by atoms with Gasteiger partial charge in [0.25, 0.3) is 0 Å². The molecule has 0 aromatic heterocycles. The van der Waals surface area contributed by atoms with Gasteiger partial charge in [-0.1, -0.05) is 63.1 Å². The first-order valence-electron chi connectivity index (χ1n) is 9.82. The van der Waals surface area contributed by atoms with Crippen LogP contribution in [0.2, 0.25) is 0 Å². The average molecular weight is 309 g/mol. The molecule has 0 aliphatic heterocycles. The smallest absolute Gasteiger partial charge is 0.00458 e. The molecule has 4 aliphatic rings. The minimum Gasteiger partial charge on any atom is -0.0765 e. The van der Waals surface area contributed by atoms with Crippen LogP contribution in [-0.4, -0.2) is 0 Å². The molecule has 0 saturated carbocycles. The van der Waals surface area contributed by atoms with Crippen LogP contribution in [0.15, 0.2) is 46.6 Å². The Morgan fingerprint density at radius 1 is 0.783 bits per heavy atom. The van der Waals surface area contributed by atoms with Gasteiger partial charge in [-0.15, -0.1) is 0 Å². The molecule has 4 rings (SSSR count). The number of allylic oxidation sites excluding steroid dienone is 8. The van der Waals surface area contributed by atoms with Gasteiger partial charge < -0.3 is 0 Å². The molecule has 0 aromatic carbocycles. The molecular formula is C23H32. The second-order valence-electron chi connectivity index (χ2n) is 9.04. The van der Waals surface area contributed by atoms with Crippen LogP contribution in [0.3, 0.4) is 0 Å². The summed E-state index contributed by atoms with van der Waals surface area (Å²) in [5.41, 5.74) is 7.24. The van der Waals surface area contributed by atoms with E-state index in [0.717, 1.165) is 11.8 Å². The van der Waals surface area contributed by atoms with Crippen molar-refractivity contribution in [3.63, 3.8) is 0 Å². The first-order chi connectivity index (χ1) is 11.0. The number of rotatable bonds is 2. The van der Waals surface area contributed by atoms with Gasteiger partial charge in [0, 0.05) is 11.8 Å². The van der Waals surface area contributed by atoms with Gasteiger partial charge in [-0.2, -0.15) is 0 Å². The van der Waals surface area contributed by atoms with Gasteiger partial charge in [0.05, 0.1) is 0 Å². The molecule has 4 unspecified atom stereocenters. The predicted octanol–water partition coefficient (Wildman–Crippen LogP) is 6.62. The maximum absolute atomic E-state index is 2.55. The van der Waals surface area contributed by atoms with Crippen LogP contribution >= 0.6 is 0 Å². The molecule has 0 N–H and O–H groups in total. The van der Waals surface area contributed by atoms with Crippen molar-refractivity contribution in [2.45, 2.75) is 66.2 Å². The standard InChI is InChI=1S/C23H32/c1-15-7-5-9-19-17(15)11-13-21(19)23(3,4)22-14-12-18-16(2)8-6-10-20(18)22/h11-16,21-22H,5-10H2,1-4H3. The van der Waals surface area contributed by atoms with E-state index < -0.39 is 0 Å². The SMILES string of the molecule is CC1CCCC2=C1C=CC2C(C)(C)C1C=CC2=C1CCCC2C. The molecule has 0 saturated heterocycles. The molecule has 4 atom stereocenters. The third-order valence-electron chi connectivity index (χ3n) is 7.26. The monoisotopic (exact) mass is 308 g/mol. The van der Waals surface area contributed by atoms with E-state index in [9.17, 15) is 0 Å². The summed E-state index contributed by atoms with van der Waals surface area (Å²) in [5, 5.41) is 0. The van der Waals surface area contributed by atoms with Crippen molar-refractivity contribution in [1.29, 1.82) is 0 Å². The lowest BCUT2D eigenvalue weighted by molar-refractivity contribution is 0.221. The lowest BCUT2D eigenvalue weighted by Gasteiger charge is -2.41. The maximum atomic E-state index is 2.55. The minimum atomic E-state index is 0.315. The van der Waals surface area contributed by atoms with Crippen molar-refractivity contribution in [2.24, 2.45) is 29.1 Å². The van der Waals surface area contributed by atoms with E-state index in [1.165, 1.54) is 38.5 Å². The van der Waals surface area contributed by atoms with Crippen LogP contribution in [0.5, 0.6) is 0 Å². The second kappa shape index (κ2) is 5.50. The van der Waals surface area contributed by atoms with Gasteiger partial charge in [-0.25, -0.2) is 0 Å². The second-order valence-corrected chi connectivity index (χ2v) is 9.04. The molecule has 0 heterocycles. The third kappa shape index (κ3) is 2.32. The fourth-order valence-electron chi connectivity index (χ4n) is 5.86. The summed E-state index contributed by atoms with van der Waals surface area (Å²) in [4.78, 5) is 0. The highest BCUT2D eigenvalue weighted by Gasteiger charge is 2.44. The number of hydrogen-bond acceptors (Lipinski definition) is 0. The zero-order chi connectivity index (χ0) is 16.2. The van der Waals surface area contributed by atoms with Crippen molar-refractivity contribution in [2.75, 3.05) is 0 Å². The molecule has 124 valence electrons. The van der Waals surface area contributed by atoms with E-state index in [-0.39, 0.29) is 0 Å². The summed E-state index contributed by atoms with van der Waals surface area (Å²) in [5.74, 6) is 2.86. The Kier molecular flexibility index (Phi) is 3.70. The van der Waals surface area contributed by atoms with Crippen LogP contribution < -0.4 is 0 Å². The molecule has 0 radical (unpaired) electrons. The fourth-order valence-corrected chi connectivity index (χ4v) is 5.86. The molecule has 0 nitrogen and oxygen atoms in total. The first-order valence-corrected chi connectivity index (χ1v) is 9.82. The topological polar surface area (TPSA) is 0 Å². The molecule has 0 bridgehead atoms. The lowest BCUT2D eigenvalue weighted by Crippen LogP contribution is -2.33. The minimum absolute atomic E-state index is 0.315. The van der Waals surface area contributed by atoms with Crippen LogP contribution in [0.25, 0.3) is 0 Å². The molecule has 0 amide bonds. The fraction of sp³-hybridized carbons (Fsp3) is 0.652. The Balaban J connectivity index is 1.67. The summed E-state index contributed by atoms with van der Waals surface area (Å²) in [6.45, 7) is 9.91. The average Bonchev–Trinajstić information content (AvgIpc) is 3.12. The largest absolute Gasteiger partial charge is 0.0765 e. The van der Waals surface area contributed by atoms with E-state index in [4.69, 9.17) is 0 Å². The van der Waals surface area contributed by atoms with Crippen LogP contribution in [0.1, 0.15) is 66.2 Å². The summed E-state index contributed by atoms with van der Waals surface area (Å²) in [6.07, 6.45) is 18.2. The third-order valence-corrected chi connectivity index (χ3v) is 7.26. The Hall–Kier alpha value is -1.04. The Bertz CT molecular complexity index is 568. The van der Waals surface area contributed by atoms with E-state index in [1.807, 2.05) is 0 Å². The molecule has 0 fully saturated rings. The quantitative estimate of drug-likeness (QED) is 0.538. The van der Waals surface area contributed by atoms with E-state index in [2.05, 4.69) is 52.0 Å². The zero-order valence-corrected chi connectivity index (χ0v) is 15.4. The Labute approximate surface area is 142 Å². The van der Waals surface area contributed by atoms with Gasteiger partial charge in [0.1, 0.15) is 0 Å². The molecule has 0 aromatic rings. The highest BCUT2D eigenvalue weighted by atomic mass is 14.5. The molecule has 4 aliphatic carbocycles. The Morgan fingerprint density at radius 2 is 1.22 bits per heavy atom.